The van der Waals surface area contributed by atoms with Crippen LogP contribution in [0.2, 0.25) is 0 Å². The molecule has 1 aromatic carbocycles. The summed E-state index contributed by atoms with van der Waals surface area (Å²) in [4.78, 5) is 11.4. The fourth-order valence-corrected chi connectivity index (χ4v) is 1.90. The molecule has 112 valence electrons. The number of carboxylic acids is 1. The van der Waals surface area contributed by atoms with Gasteiger partial charge in [0, 0.05) is 0 Å². The SMILES string of the molecule is CCCNC(C(=O)O)c1cc(OC)c(OC)c(OC)c1. The number of hydrogen-bond donors (Lipinski definition) is 2. The molecule has 0 radical (unpaired) electrons. The molecule has 1 rings (SSSR count). The Bertz CT molecular complexity index is 436. The largest absolute Gasteiger partial charge is 0.493 e. The molecule has 0 aliphatic heterocycles. The molecule has 0 amide bonds. The van der Waals surface area contributed by atoms with Crippen molar-refractivity contribution in [3.8, 4) is 17.2 Å². The van der Waals surface area contributed by atoms with E-state index in [1.807, 2.05) is 6.92 Å². The molecule has 0 aromatic heterocycles. The van der Waals surface area contributed by atoms with Crippen molar-refractivity contribution in [1.82, 2.24) is 5.32 Å². The van der Waals surface area contributed by atoms with E-state index in [0.717, 1.165) is 6.42 Å². The molecule has 0 saturated heterocycles. The minimum absolute atomic E-state index is 0.436. The van der Waals surface area contributed by atoms with Crippen molar-refractivity contribution in [3.05, 3.63) is 17.7 Å². The van der Waals surface area contributed by atoms with E-state index in [9.17, 15) is 9.90 Å². The molecule has 6 heteroatoms. The zero-order valence-electron chi connectivity index (χ0n) is 12.2. The second-order valence-electron chi connectivity index (χ2n) is 4.18. The lowest BCUT2D eigenvalue weighted by Crippen LogP contribution is -2.29. The van der Waals surface area contributed by atoms with Crippen LogP contribution in [0.1, 0.15) is 24.9 Å². The van der Waals surface area contributed by atoms with E-state index in [-0.39, 0.29) is 0 Å². The second kappa shape index (κ2) is 7.59. The number of rotatable bonds is 8. The van der Waals surface area contributed by atoms with Crippen LogP contribution in [-0.2, 0) is 4.79 Å². The van der Waals surface area contributed by atoms with Crippen molar-refractivity contribution in [2.45, 2.75) is 19.4 Å². The van der Waals surface area contributed by atoms with Crippen LogP contribution in [0.25, 0.3) is 0 Å². The molecule has 0 aliphatic carbocycles. The molecule has 20 heavy (non-hydrogen) atoms. The van der Waals surface area contributed by atoms with Gasteiger partial charge in [-0.2, -0.15) is 0 Å². The maximum Gasteiger partial charge on any atom is 0.325 e. The van der Waals surface area contributed by atoms with Crippen LogP contribution < -0.4 is 19.5 Å². The number of nitrogens with one attached hydrogen (secondary N) is 1. The van der Waals surface area contributed by atoms with Crippen LogP contribution in [0.3, 0.4) is 0 Å². The van der Waals surface area contributed by atoms with Gasteiger partial charge in [-0.15, -0.1) is 0 Å². The summed E-state index contributed by atoms with van der Waals surface area (Å²) >= 11 is 0. The fraction of sp³-hybridized carbons (Fsp3) is 0.500. The Balaban J connectivity index is 3.24. The molecule has 1 unspecified atom stereocenters. The van der Waals surface area contributed by atoms with Gasteiger partial charge in [-0.25, -0.2) is 0 Å². The van der Waals surface area contributed by atoms with Gasteiger partial charge in [-0.1, -0.05) is 6.92 Å². The van der Waals surface area contributed by atoms with Gasteiger partial charge in [-0.3, -0.25) is 4.79 Å². The van der Waals surface area contributed by atoms with Gasteiger partial charge in [0.1, 0.15) is 6.04 Å². The van der Waals surface area contributed by atoms with E-state index in [1.165, 1.54) is 21.3 Å². The highest BCUT2D eigenvalue weighted by molar-refractivity contribution is 5.76. The molecule has 0 fully saturated rings. The molecule has 1 atom stereocenters. The quantitative estimate of drug-likeness (QED) is 0.758. The van der Waals surface area contributed by atoms with E-state index in [1.54, 1.807) is 12.1 Å². The van der Waals surface area contributed by atoms with Crippen molar-refractivity contribution in [3.63, 3.8) is 0 Å². The third-order valence-corrected chi connectivity index (χ3v) is 2.87. The van der Waals surface area contributed by atoms with Crippen LogP contribution in [0.4, 0.5) is 0 Å². The molecule has 0 saturated carbocycles. The fourth-order valence-electron chi connectivity index (χ4n) is 1.90. The molecule has 2 N–H and O–H groups in total. The summed E-state index contributed by atoms with van der Waals surface area (Å²) in [6.07, 6.45) is 0.841. The van der Waals surface area contributed by atoms with Gasteiger partial charge in [0.15, 0.2) is 11.5 Å². The topological polar surface area (TPSA) is 77.0 Å². The average molecular weight is 283 g/mol. The maximum absolute atomic E-state index is 11.4. The number of hydrogen-bond acceptors (Lipinski definition) is 5. The molecule has 0 spiro atoms. The highest BCUT2D eigenvalue weighted by Crippen LogP contribution is 2.39. The molecule has 6 nitrogen and oxygen atoms in total. The number of ether oxygens (including phenoxy) is 3. The first-order valence-corrected chi connectivity index (χ1v) is 6.35. The summed E-state index contributed by atoms with van der Waals surface area (Å²) in [5, 5.41) is 12.3. The zero-order chi connectivity index (χ0) is 15.1. The van der Waals surface area contributed by atoms with Crippen molar-refractivity contribution >= 4 is 5.97 Å². The molecule has 1 aromatic rings. The van der Waals surface area contributed by atoms with Crippen LogP contribution >= 0.6 is 0 Å². The first-order chi connectivity index (χ1) is 9.58. The zero-order valence-corrected chi connectivity index (χ0v) is 12.2. The predicted molar refractivity (Wildman–Crippen MR) is 74.8 cm³/mol. The smallest absolute Gasteiger partial charge is 0.325 e. The predicted octanol–water partition coefficient (Wildman–Crippen LogP) is 1.84. The third-order valence-electron chi connectivity index (χ3n) is 2.87. The van der Waals surface area contributed by atoms with Crippen LogP contribution in [0, 0.1) is 0 Å². The summed E-state index contributed by atoms with van der Waals surface area (Å²) in [7, 11) is 4.50. The number of benzene rings is 1. The van der Waals surface area contributed by atoms with Crippen molar-refractivity contribution < 1.29 is 24.1 Å². The van der Waals surface area contributed by atoms with E-state index < -0.39 is 12.0 Å². The maximum atomic E-state index is 11.4. The molecule has 0 aliphatic rings. The Morgan fingerprint density at radius 3 is 2.10 bits per heavy atom. The lowest BCUT2D eigenvalue weighted by molar-refractivity contribution is -0.139. The van der Waals surface area contributed by atoms with E-state index in [0.29, 0.717) is 29.4 Å². The highest BCUT2D eigenvalue weighted by Gasteiger charge is 2.23. The monoisotopic (exact) mass is 283 g/mol. The van der Waals surface area contributed by atoms with Crippen LogP contribution in [0.15, 0.2) is 12.1 Å². The van der Waals surface area contributed by atoms with Crippen LogP contribution in [-0.4, -0.2) is 38.9 Å². The van der Waals surface area contributed by atoms with Gasteiger partial charge < -0.3 is 24.6 Å². The minimum Gasteiger partial charge on any atom is -0.493 e. The second-order valence-corrected chi connectivity index (χ2v) is 4.18. The van der Waals surface area contributed by atoms with E-state index in [2.05, 4.69) is 5.32 Å². The minimum atomic E-state index is -0.951. The number of methoxy groups -OCH3 is 3. The lowest BCUT2D eigenvalue weighted by atomic mass is 10.1. The van der Waals surface area contributed by atoms with Crippen molar-refractivity contribution in [2.24, 2.45) is 0 Å². The Morgan fingerprint density at radius 1 is 1.20 bits per heavy atom. The summed E-state index contributed by atoms with van der Waals surface area (Å²) < 4.78 is 15.7. The number of carbonyl (C=O) groups is 1. The van der Waals surface area contributed by atoms with Gasteiger partial charge in [0.05, 0.1) is 21.3 Å². The van der Waals surface area contributed by atoms with Gasteiger partial charge in [0.25, 0.3) is 0 Å². The van der Waals surface area contributed by atoms with Crippen molar-refractivity contribution in [2.75, 3.05) is 27.9 Å². The molecular formula is C14H21NO5. The lowest BCUT2D eigenvalue weighted by Gasteiger charge is -2.18. The van der Waals surface area contributed by atoms with Gasteiger partial charge in [0.2, 0.25) is 5.75 Å². The third kappa shape index (κ3) is 3.54. The first-order valence-electron chi connectivity index (χ1n) is 6.35. The van der Waals surface area contributed by atoms with Crippen LogP contribution in [0.5, 0.6) is 17.2 Å². The Hall–Kier alpha value is -1.95. The van der Waals surface area contributed by atoms with Crippen molar-refractivity contribution in [1.29, 1.82) is 0 Å². The van der Waals surface area contributed by atoms with E-state index in [4.69, 9.17) is 14.2 Å². The number of carboxylic acid groups (broad SMARTS) is 1. The van der Waals surface area contributed by atoms with E-state index >= 15 is 0 Å². The normalized spacial score (nSPS) is 11.8. The Morgan fingerprint density at radius 2 is 1.75 bits per heavy atom. The standard InChI is InChI=1S/C14H21NO5/c1-5-6-15-12(14(16)17)9-7-10(18-2)13(20-4)11(8-9)19-3/h7-8,12,15H,5-6H2,1-4H3,(H,16,17). The highest BCUT2D eigenvalue weighted by atomic mass is 16.5. The molecule has 0 bridgehead atoms. The first kappa shape index (κ1) is 16.1. The Labute approximate surface area is 118 Å². The molecular weight excluding hydrogens is 262 g/mol. The van der Waals surface area contributed by atoms with Gasteiger partial charge in [-0.05, 0) is 30.7 Å². The summed E-state index contributed by atoms with van der Waals surface area (Å²) in [5.41, 5.74) is 0.556. The van der Waals surface area contributed by atoms with Gasteiger partial charge >= 0.3 is 5.97 Å². The Kier molecular flexibility index (Phi) is 6.11. The average Bonchev–Trinajstić information content (AvgIpc) is 2.45. The number of aliphatic carboxylic acids is 1. The molecule has 0 heterocycles. The summed E-state index contributed by atoms with van der Waals surface area (Å²) in [6, 6.07) is 2.47. The summed E-state index contributed by atoms with van der Waals surface area (Å²) in [6.45, 7) is 2.58. The summed E-state index contributed by atoms with van der Waals surface area (Å²) in [5.74, 6) is 0.365.